The summed E-state index contributed by atoms with van der Waals surface area (Å²) in [6, 6.07) is 17.8. The molecule has 0 heterocycles. The first kappa shape index (κ1) is 24.3. The van der Waals surface area contributed by atoms with Crippen molar-refractivity contribution in [3.05, 3.63) is 82.9 Å². The number of halogens is 1. The van der Waals surface area contributed by atoms with Crippen molar-refractivity contribution < 1.29 is 22.7 Å². The number of benzene rings is 3. The summed E-state index contributed by atoms with van der Waals surface area (Å²) in [7, 11) is -3.44. The summed E-state index contributed by atoms with van der Waals surface area (Å²) in [5.41, 5.74) is 2.11. The van der Waals surface area contributed by atoms with Crippen LogP contribution in [0.15, 0.2) is 71.6 Å². The number of aryl methyl sites for hydroxylation is 1. The number of hydrogen-bond donors (Lipinski definition) is 2. The van der Waals surface area contributed by atoms with Gasteiger partial charge in [0.05, 0.1) is 15.6 Å². The molecule has 0 aromatic heterocycles. The molecule has 7 nitrogen and oxygen atoms in total. The maximum atomic E-state index is 12.5. The van der Waals surface area contributed by atoms with Crippen LogP contribution in [-0.2, 0) is 21.1 Å². The van der Waals surface area contributed by atoms with Crippen molar-refractivity contribution in [1.82, 2.24) is 0 Å². The number of nitrogens with one attached hydrogen (secondary N) is 2. The van der Waals surface area contributed by atoms with Crippen molar-refractivity contribution in [1.29, 1.82) is 0 Å². The van der Waals surface area contributed by atoms with Gasteiger partial charge in [0.25, 0.3) is 11.8 Å². The van der Waals surface area contributed by atoms with Gasteiger partial charge in [0, 0.05) is 17.5 Å². The van der Waals surface area contributed by atoms with Gasteiger partial charge in [-0.1, -0.05) is 36.7 Å². The Kier molecular flexibility index (Phi) is 7.73. The third-order valence-electron chi connectivity index (χ3n) is 4.73. The molecule has 2 amide bonds. The third kappa shape index (κ3) is 6.81. The minimum absolute atomic E-state index is 0.0443. The molecule has 2 N–H and O–H groups in total. The Bertz CT molecular complexity index is 1270. The Morgan fingerprint density at radius 1 is 0.970 bits per heavy atom. The maximum Gasteiger partial charge on any atom is 0.262 e. The van der Waals surface area contributed by atoms with Gasteiger partial charge in [0.1, 0.15) is 5.75 Å². The Morgan fingerprint density at radius 3 is 2.33 bits per heavy atom. The number of carbonyl (C=O) groups excluding carboxylic acids is 2. The Hall–Kier alpha value is -3.36. The average molecular weight is 487 g/mol. The second kappa shape index (κ2) is 10.5. The smallest absolute Gasteiger partial charge is 0.262 e. The average Bonchev–Trinajstić information content (AvgIpc) is 2.79. The molecule has 0 saturated carbocycles. The van der Waals surface area contributed by atoms with Crippen molar-refractivity contribution in [3.8, 4) is 5.75 Å². The third-order valence-corrected chi connectivity index (χ3v) is 6.15. The van der Waals surface area contributed by atoms with Gasteiger partial charge in [-0.25, -0.2) is 8.42 Å². The van der Waals surface area contributed by atoms with Crippen LogP contribution in [0.4, 0.5) is 11.4 Å². The molecule has 0 bridgehead atoms. The van der Waals surface area contributed by atoms with Crippen molar-refractivity contribution in [2.45, 2.75) is 18.2 Å². The zero-order valence-corrected chi connectivity index (χ0v) is 19.7. The van der Waals surface area contributed by atoms with E-state index in [4.69, 9.17) is 16.3 Å². The van der Waals surface area contributed by atoms with E-state index in [-0.39, 0.29) is 28.0 Å². The van der Waals surface area contributed by atoms with Crippen LogP contribution in [0.5, 0.6) is 5.75 Å². The molecule has 0 aliphatic heterocycles. The van der Waals surface area contributed by atoms with Crippen LogP contribution < -0.4 is 15.4 Å². The molecule has 0 radical (unpaired) electrons. The summed E-state index contributed by atoms with van der Waals surface area (Å²) in [6.07, 6.45) is 1.99. The second-order valence-electron chi connectivity index (χ2n) is 7.28. The van der Waals surface area contributed by atoms with E-state index in [1.807, 2.05) is 24.3 Å². The minimum atomic E-state index is -3.44. The topological polar surface area (TPSA) is 102 Å². The molecule has 172 valence electrons. The highest BCUT2D eigenvalue weighted by Crippen LogP contribution is 2.26. The van der Waals surface area contributed by atoms with Crippen LogP contribution in [0.25, 0.3) is 0 Å². The van der Waals surface area contributed by atoms with Gasteiger partial charge >= 0.3 is 0 Å². The largest absolute Gasteiger partial charge is 0.484 e. The van der Waals surface area contributed by atoms with Crippen LogP contribution >= 0.6 is 11.6 Å². The van der Waals surface area contributed by atoms with E-state index in [0.29, 0.717) is 17.1 Å². The molecular weight excluding hydrogens is 464 g/mol. The van der Waals surface area contributed by atoms with E-state index < -0.39 is 15.7 Å². The van der Waals surface area contributed by atoms with E-state index in [9.17, 15) is 18.0 Å². The molecule has 0 atom stereocenters. The molecule has 33 heavy (non-hydrogen) atoms. The maximum absolute atomic E-state index is 12.5. The van der Waals surface area contributed by atoms with Gasteiger partial charge in [-0.3, -0.25) is 9.59 Å². The normalized spacial score (nSPS) is 11.0. The van der Waals surface area contributed by atoms with Crippen molar-refractivity contribution >= 4 is 44.6 Å². The zero-order chi connectivity index (χ0) is 24.0. The second-order valence-corrected chi connectivity index (χ2v) is 9.71. The molecular formula is C24H23ClN2O5S. The van der Waals surface area contributed by atoms with E-state index in [0.717, 1.165) is 12.7 Å². The predicted molar refractivity (Wildman–Crippen MR) is 129 cm³/mol. The van der Waals surface area contributed by atoms with Crippen molar-refractivity contribution in [3.63, 3.8) is 0 Å². The molecule has 3 aromatic rings. The number of ether oxygens (including phenoxy) is 1. The Morgan fingerprint density at radius 2 is 1.70 bits per heavy atom. The lowest BCUT2D eigenvalue weighted by molar-refractivity contribution is -0.118. The molecule has 0 unspecified atom stereocenters. The number of carbonyl (C=O) groups is 2. The molecule has 9 heteroatoms. The van der Waals surface area contributed by atoms with Crippen LogP contribution in [0, 0.1) is 0 Å². The summed E-state index contributed by atoms with van der Waals surface area (Å²) in [6.45, 7) is 1.89. The number of rotatable bonds is 8. The van der Waals surface area contributed by atoms with Crippen LogP contribution in [0.2, 0.25) is 5.02 Å². The highest BCUT2D eigenvalue weighted by atomic mass is 35.5. The quantitative estimate of drug-likeness (QED) is 0.485. The van der Waals surface area contributed by atoms with E-state index in [2.05, 4.69) is 17.6 Å². The van der Waals surface area contributed by atoms with Gasteiger partial charge in [-0.2, -0.15) is 0 Å². The number of hydrogen-bond acceptors (Lipinski definition) is 5. The van der Waals surface area contributed by atoms with Crippen molar-refractivity contribution in [2.75, 3.05) is 23.5 Å². The zero-order valence-electron chi connectivity index (χ0n) is 18.1. The highest BCUT2D eigenvalue weighted by molar-refractivity contribution is 7.90. The lowest BCUT2D eigenvalue weighted by Crippen LogP contribution is -2.20. The van der Waals surface area contributed by atoms with Gasteiger partial charge in [0.2, 0.25) is 0 Å². The SMILES string of the molecule is CCc1ccc(OCC(=O)Nc2ccc(NC(=O)c3cccc(S(C)(=O)=O)c3)c(Cl)c2)cc1. The van der Waals surface area contributed by atoms with Crippen molar-refractivity contribution in [2.24, 2.45) is 0 Å². The Balaban J connectivity index is 1.60. The van der Waals surface area contributed by atoms with Crippen LogP contribution in [0.3, 0.4) is 0 Å². The minimum Gasteiger partial charge on any atom is -0.484 e. The summed E-state index contributed by atoms with van der Waals surface area (Å²) in [4.78, 5) is 24.7. The Labute approximate surface area is 197 Å². The van der Waals surface area contributed by atoms with Gasteiger partial charge < -0.3 is 15.4 Å². The first-order valence-electron chi connectivity index (χ1n) is 10.1. The van der Waals surface area contributed by atoms with Gasteiger partial charge in [-0.15, -0.1) is 0 Å². The number of anilines is 2. The first-order chi connectivity index (χ1) is 15.7. The summed E-state index contributed by atoms with van der Waals surface area (Å²) in [5, 5.41) is 5.53. The molecule has 3 rings (SSSR count). The number of amides is 2. The van der Waals surface area contributed by atoms with E-state index in [1.54, 1.807) is 12.1 Å². The molecule has 0 aliphatic rings. The lowest BCUT2D eigenvalue weighted by atomic mass is 10.2. The van der Waals surface area contributed by atoms with E-state index in [1.165, 1.54) is 35.9 Å². The monoisotopic (exact) mass is 486 g/mol. The molecule has 0 fully saturated rings. The predicted octanol–water partition coefficient (Wildman–Crippen LogP) is 4.58. The highest BCUT2D eigenvalue weighted by Gasteiger charge is 2.14. The lowest BCUT2D eigenvalue weighted by Gasteiger charge is -2.11. The van der Waals surface area contributed by atoms with E-state index >= 15 is 0 Å². The molecule has 3 aromatic carbocycles. The first-order valence-corrected chi connectivity index (χ1v) is 12.4. The van der Waals surface area contributed by atoms with Gasteiger partial charge in [0.15, 0.2) is 16.4 Å². The fourth-order valence-corrected chi connectivity index (χ4v) is 3.82. The standard InChI is InChI=1S/C24H23ClN2O5S/c1-3-16-7-10-19(11-8-16)32-15-23(28)26-18-9-12-22(21(25)14-18)27-24(29)17-5-4-6-20(13-17)33(2,30)31/h4-14H,3,15H2,1-2H3,(H,26,28)(H,27,29). The molecule has 0 aliphatic carbocycles. The van der Waals surface area contributed by atoms with Gasteiger partial charge in [-0.05, 0) is 60.5 Å². The summed E-state index contributed by atoms with van der Waals surface area (Å²) >= 11 is 6.26. The summed E-state index contributed by atoms with van der Waals surface area (Å²) < 4.78 is 28.9. The molecule has 0 saturated heterocycles. The van der Waals surface area contributed by atoms with Crippen LogP contribution in [0.1, 0.15) is 22.8 Å². The fraction of sp³-hybridized carbons (Fsp3) is 0.167. The molecule has 0 spiro atoms. The number of sulfone groups is 1. The summed E-state index contributed by atoms with van der Waals surface area (Å²) in [5.74, 6) is -0.278. The fourth-order valence-electron chi connectivity index (χ4n) is 2.92. The van der Waals surface area contributed by atoms with Crippen LogP contribution in [-0.4, -0.2) is 33.1 Å².